The SMILES string of the molecule is O=C1[C@H]2[C@H](C(=O)N1c1ccccc1O)C1(Cl)c3ccccc3C2(Cl)c2ccccc21. The maximum atomic E-state index is 13.7. The van der Waals surface area contributed by atoms with Gasteiger partial charge in [-0.3, -0.25) is 9.59 Å². The van der Waals surface area contributed by atoms with Crippen LogP contribution in [0, 0.1) is 11.8 Å². The minimum absolute atomic E-state index is 0.146. The summed E-state index contributed by atoms with van der Waals surface area (Å²) in [6, 6.07) is 21.3. The molecule has 30 heavy (non-hydrogen) atoms. The molecule has 2 atom stereocenters. The largest absolute Gasteiger partial charge is 0.506 e. The molecule has 4 aliphatic rings. The number of halogens is 2. The lowest BCUT2D eigenvalue weighted by Gasteiger charge is -2.54. The first-order chi connectivity index (χ1) is 14.4. The molecule has 148 valence electrons. The number of phenolic OH excluding ortho intramolecular Hbond substituents is 1. The van der Waals surface area contributed by atoms with Crippen LogP contribution in [0.4, 0.5) is 5.69 Å². The fraction of sp³-hybridized carbons (Fsp3) is 0.167. The van der Waals surface area contributed by atoms with E-state index in [9.17, 15) is 14.7 Å². The Labute approximate surface area is 182 Å². The number of para-hydroxylation sites is 2. The third-order valence-electron chi connectivity index (χ3n) is 6.71. The van der Waals surface area contributed by atoms with E-state index in [2.05, 4.69) is 0 Å². The monoisotopic (exact) mass is 435 g/mol. The minimum atomic E-state index is -1.22. The Hall–Kier alpha value is -2.82. The topological polar surface area (TPSA) is 57.6 Å². The number of benzene rings is 3. The van der Waals surface area contributed by atoms with E-state index in [1.807, 2.05) is 48.5 Å². The normalized spacial score (nSPS) is 30.8. The van der Waals surface area contributed by atoms with E-state index in [4.69, 9.17) is 23.2 Å². The van der Waals surface area contributed by atoms with Gasteiger partial charge < -0.3 is 5.11 Å². The van der Waals surface area contributed by atoms with Crippen molar-refractivity contribution in [1.29, 1.82) is 0 Å². The highest BCUT2D eigenvalue weighted by Crippen LogP contribution is 2.69. The number of anilines is 1. The summed E-state index contributed by atoms with van der Waals surface area (Å²) in [5.74, 6) is -2.80. The molecule has 3 aliphatic carbocycles. The number of amides is 2. The van der Waals surface area contributed by atoms with Gasteiger partial charge in [-0.25, -0.2) is 4.90 Å². The lowest BCUT2D eigenvalue weighted by molar-refractivity contribution is -0.122. The second-order valence-electron chi connectivity index (χ2n) is 7.97. The van der Waals surface area contributed by atoms with Gasteiger partial charge in [-0.15, -0.1) is 23.2 Å². The number of phenols is 1. The summed E-state index contributed by atoms with van der Waals surface area (Å²) in [4.78, 5) is 26.0. The van der Waals surface area contributed by atoms with Crippen LogP contribution in [0.5, 0.6) is 5.75 Å². The van der Waals surface area contributed by atoms with Gasteiger partial charge in [-0.1, -0.05) is 60.7 Å². The van der Waals surface area contributed by atoms with Crippen LogP contribution in [0.3, 0.4) is 0 Å². The number of carbonyl (C=O) groups excluding carboxylic acids is 2. The average molecular weight is 436 g/mol. The molecule has 0 aromatic heterocycles. The number of hydrogen-bond acceptors (Lipinski definition) is 3. The molecule has 0 spiro atoms. The van der Waals surface area contributed by atoms with Crippen molar-refractivity contribution >= 4 is 40.7 Å². The van der Waals surface area contributed by atoms with Gasteiger partial charge in [-0.05, 0) is 34.4 Å². The Kier molecular flexibility index (Phi) is 3.39. The van der Waals surface area contributed by atoms with E-state index < -0.39 is 33.4 Å². The minimum Gasteiger partial charge on any atom is -0.506 e. The van der Waals surface area contributed by atoms with Crippen molar-refractivity contribution in [3.63, 3.8) is 0 Å². The van der Waals surface area contributed by atoms with Crippen LogP contribution in [-0.4, -0.2) is 16.9 Å². The molecule has 7 rings (SSSR count). The van der Waals surface area contributed by atoms with Gasteiger partial charge in [-0.2, -0.15) is 0 Å². The first-order valence-corrected chi connectivity index (χ1v) is 10.4. The third-order valence-corrected chi connectivity index (χ3v) is 7.99. The lowest BCUT2D eigenvalue weighted by Crippen LogP contribution is -2.57. The number of rotatable bonds is 1. The van der Waals surface area contributed by atoms with Crippen LogP contribution in [0.25, 0.3) is 0 Å². The second-order valence-corrected chi connectivity index (χ2v) is 9.16. The Bertz CT molecular complexity index is 1150. The molecule has 0 unspecified atom stereocenters. The summed E-state index contributed by atoms with van der Waals surface area (Å²) in [7, 11) is 0. The van der Waals surface area contributed by atoms with Crippen molar-refractivity contribution in [1.82, 2.24) is 0 Å². The lowest BCUT2D eigenvalue weighted by atomic mass is 9.54. The first kappa shape index (κ1) is 18.0. The molecule has 3 aromatic carbocycles. The summed E-state index contributed by atoms with van der Waals surface area (Å²) in [6.07, 6.45) is 0. The number of imide groups is 1. The average Bonchev–Trinajstić information content (AvgIpc) is 3.04. The van der Waals surface area contributed by atoms with Gasteiger partial charge in [0.2, 0.25) is 11.8 Å². The standard InChI is InChI=1S/C24H15Cl2NO3/c25-23-13-7-1-2-8-14(13)24(26,16-10-4-3-9-15(16)23)20-19(23)21(29)27(22(20)30)17-11-5-6-12-18(17)28/h1-12,19-20,28H/t19-,20-,23?,24?/m1/s1. The summed E-state index contributed by atoms with van der Waals surface area (Å²) < 4.78 is 0. The van der Waals surface area contributed by atoms with E-state index >= 15 is 0 Å². The molecule has 2 bridgehead atoms. The molecule has 4 nitrogen and oxygen atoms in total. The Morgan fingerprint density at radius 3 is 1.43 bits per heavy atom. The fourth-order valence-electron chi connectivity index (χ4n) is 5.56. The number of alkyl halides is 2. The van der Waals surface area contributed by atoms with Gasteiger partial charge in [0.25, 0.3) is 0 Å². The quantitative estimate of drug-likeness (QED) is 0.452. The highest BCUT2D eigenvalue weighted by Gasteiger charge is 2.73. The van der Waals surface area contributed by atoms with Crippen molar-refractivity contribution in [2.24, 2.45) is 11.8 Å². The number of nitrogens with zero attached hydrogens (tertiary/aromatic N) is 1. The second kappa shape index (κ2) is 5.65. The van der Waals surface area contributed by atoms with Crippen molar-refractivity contribution in [3.8, 4) is 5.75 Å². The highest BCUT2D eigenvalue weighted by molar-refractivity contribution is 6.38. The van der Waals surface area contributed by atoms with Crippen LogP contribution in [0.15, 0.2) is 72.8 Å². The zero-order valence-electron chi connectivity index (χ0n) is 15.5. The van der Waals surface area contributed by atoms with E-state index in [-0.39, 0.29) is 11.4 Å². The van der Waals surface area contributed by atoms with E-state index in [0.29, 0.717) is 0 Å². The van der Waals surface area contributed by atoms with Crippen LogP contribution >= 0.6 is 23.2 Å². The van der Waals surface area contributed by atoms with Gasteiger partial charge in [0.05, 0.1) is 17.5 Å². The number of carbonyl (C=O) groups is 2. The molecular formula is C24H15Cl2NO3. The third kappa shape index (κ3) is 1.81. The predicted molar refractivity (Wildman–Crippen MR) is 114 cm³/mol. The molecule has 3 aromatic rings. The molecule has 1 heterocycles. The Morgan fingerprint density at radius 1 is 0.667 bits per heavy atom. The van der Waals surface area contributed by atoms with Crippen molar-refractivity contribution < 1.29 is 14.7 Å². The first-order valence-electron chi connectivity index (χ1n) is 9.65. The molecule has 1 N–H and O–H groups in total. The Morgan fingerprint density at radius 2 is 1.03 bits per heavy atom. The molecule has 1 saturated heterocycles. The molecule has 6 heteroatoms. The summed E-state index contributed by atoms with van der Waals surface area (Å²) in [5.41, 5.74) is 3.16. The zero-order chi connectivity index (χ0) is 20.8. The molecule has 2 amide bonds. The maximum Gasteiger partial charge on any atom is 0.240 e. The van der Waals surface area contributed by atoms with Crippen LogP contribution < -0.4 is 4.90 Å². The van der Waals surface area contributed by atoms with Gasteiger partial charge in [0.15, 0.2) is 0 Å². The maximum absolute atomic E-state index is 13.7. The number of hydrogen-bond donors (Lipinski definition) is 1. The van der Waals surface area contributed by atoms with Gasteiger partial charge >= 0.3 is 0 Å². The summed E-state index contributed by atoms with van der Waals surface area (Å²) in [6.45, 7) is 0. The summed E-state index contributed by atoms with van der Waals surface area (Å²) in [5, 5.41) is 10.4. The van der Waals surface area contributed by atoms with Crippen LogP contribution in [-0.2, 0) is 19.3 Å². The molecule has 1 fully saturated rings. The smallest absolute Gasteiger partial charge is 0.240 e. The molecular weight excluding hydrogens is 421 g/mol. The van der Waals surface area contributed by atoms with E-state index in [1.165, 1.54) is 6.07 Å². The van der Waals surface area contributed by atoms with Crippen molar-refractivity contribution in [2.45, 2.75) is 9.75 Å². The Balaban J connectivity index is 1.68. The number of aromatic hydroxyl groups is 1. The van der Waals surface area contributed by atoms with E-state index in [1.54, 1.807) is 18.2 Å². The van der Waals surface area contributed by atoms with Crippen LogP contribution in [0.1, 0.15) is 22.3 Å². The van der Waals surface area contributed by atoms with Gasteiger partial charge in [0, 0.05) is 0 Å². The summed E-state index contributed by atoms with van der Waals surface area (Å²) >= 11 is 14.7. The van der Waals surface area contributed by atoms with Crippen molar-refractivity contribution in [3.05, 3.63) is 95.1 Å². The highest BCUT2D eigenvalue weighted by atomic mass is 35.5. The van der Waals surface area contributed by atoms with Gasteiger partial charge in [0.1, 0.15) is 15.5 Å². The fourth-order valence-corrected chi connectivity index (χ4v) is 6.66. The molecule has 0 saturated carbocycles. The molecule has 0 radical (unpaired) electrons. The van der Waals surface area contributed by atoms with Crippen molar-refractivity contribution in [2.75, 3.05) is 4.90 Å². The predicted octanol–water partition coefficient (Wildman–Crippen LogP) is 4.49. The van der Waals surface area contributed by atoms with E-state index in [0.717, 1.165) is 27.2 Å². The zero-order valence-corrected chi connectivity index (χ0v) is 17.1. The molecule has 1 aliphatic heterocycles. The van der Waals surface area contributed by atoms with Crippen LogP contribution in [0.2, 0.25) is 0 Å².